The number of nitrogens with one attached hydrogen (secondary N) is 2. The van der Waals surface area contributed by atoms with E-state index in [4.69, 9.17) is 5.84 Å². The lowest BCUT2D eigenvalue weighted by molar-refractivity contribution is 0.490. The van der Waals surface area contributed by atoms with Crippen LogP contribution < -0.4 is 16.0 Å². The summed E-state index contributed by atoms with van der Waals surface area (Å²) in [6.45, 7) is 1.51. The van der Waals surface area contributed by atoms with Gasteiger partial charge in [-0.1, -0.05) is 0 Å². The molecule has 0 saturated carbocycles. The average Bonchev–Trinajstić information content (AvgIpc) is 2.06. The molecule has 0 aliphatic carbocycles. The highest BCUT2D eigenvalue weighted by atomic mass is 32.2. The van der Waals surface area contributed by atoms with Gasteiger partial charge in [-0.25, -0.2) is 8.42 Å². The maximum absolute atomic E-state index is 11.1. The molecule has 11 heavy (non-hydrogen) atoms. The van der Waals surface area contributed by atoms with Crippen LogP contribution in [0.25, 0.3) is 0 Å². The van der Waals surface area contributed by atoms with Crippen LogP contribution in [0.4, 0.5) is 0 Å². The van der Waals surface area contributed by atoms with Crippen molar-refractivity contribution in [3.63, 3.8) is 0 Å². The highest BCUT2D eigenvalue weighted by Gasteiger charge is 2.25. The Morgan fingerprint density at radius 1 is 1.36 bits per heavy atom. The van der Waals surface area contributed by atoms with E-state index in [0.717, 1.165) is 13.1 Å². The van der Waals surface area contributed by atoms with Crippen molar-refractivity contribution >= 4 is 10.0 Å². The Hall–Kier alpha value is -0.170. The molecule has 0 spiro atoms. The lowest BCUT2D eigenvalue weighted by Gasteiger charge is -2.21. The van der Waals surface area contributed by atoms with E-state index in [9.17, 15) is 8.42 Å². The van der Waals surface area contributed by atoms with E-state index < -0.39 is 10.0 Å². The van der Waals surface area contributed by atoms with E-state index in [-0.39, 0.29) is 5.25 Å². The van der Waals surface area contributed by atoms with Crippen molar-refractivity contribution < 1.29 is 8.42 Å². The fourth-order valence-corrected chi connectivity index (χ4v) is 2.25. The van der Waals surface area contributed by atoms with Gasteiger partial charge in [0.05, 0.1) is 5.25 Å². The van der Waals surface area contributed by atoms with E-state index in [1.165, 1.54) is 0 Å². The highest BCUT2D eigenvalue weighted by Crippen LogP contribution is 2.10. The SMILES string of the molecule is NNS(=O)(=O)C1CCNCC1. The van der Waals surface area contributed by atoms with Crippen LogP contribution in [0.5, 0.6) is 0 Å². The molecule has 1 rings (SSSR count). The number of hydrazine groups is 1. The van der Waals surface area contributed by atoms with E-state index >= 15 is 0 Å². The first-order valence-corrected chi connectivity index (χ1v) is 5.13. The number of sulfonamides is 1. The number of hydrogen-bond acceptors (Lipinski definition) is 4. The predicted molar refractivity (Wildman–Crippen MR) is 42.1 cm³/mol. The van der Waals surface area contributed by atoms with Gasteiger partial charge in [-0.2, -0.15) is 4.83 Å². The van der Waals surface area contributed by atoms with Crippen LogP contribution in [0.15, 0.2) is 0 Å². The van der Waals surface area contributed by atoms with E-state index in [1.54, 1.807) is 0 Å². The molecule has 0 unspecified atom stereocenters. The second-order valence-electron chi connectivity index (χ2n) is 2.61. The van der Waals surface area contributed by atoms with Crippen LogP contribution in [0.3, 0.4) is 0 Å². The molecule has 0 bridgehead atoms. The van der Waals surface area contributed by atoms with Gasteiger partial charge in [-0.3, -0.25) is 5.84 Å². The van der Waals surface area contributed by atoms with Gasteiger partial charge in [0.15, 0.2) is 0 Å². The molecule has 0 aromatic rings. The van der Waals surface area contributed by atoms with Crippen LogP contribution in [0.1, 0.15) is 12.8 Å². The van der Waals surface area contributed by atoms with Gasteiger partial charge in [-0.15, -0.1) is 0 Å². The third kappa shape index (κ3) is 2.13. The molecule has 66 valence electrons. The quantitative estimate of drug-likeness (QED) is 0.357. The fraction of sp³-hybridized carbons (Fsp3) is 1.00. The van der Waals surface area contributed by atoms with E-state index in [0.29, 0.717) is 12.8 Å². The van der Waals surface area contributed by atoms with Crippen LogP contribution in [0.2, 0.25) is 0 Å². The largest absolute Gasteiger partial charge is 0.317 e. The standard InChI is InChI=1S/C5H13N3O2S/c6-8-11(9,10)5-1-3-7-4-2-5/h5,7-8H,1-4,6H2. The van der Waals surface area contributed by atoms with Crippen molar-refractivity contribution in [2.75, 3.05) is 13.1 Å². The second kappa shape index (κ2) is 3.48. The molecular formula is C5H13N3O2S. The van der Waals surface area contributed by atoms with Gasteiger partial charge < -0.3 is 5.32 Å². The van der Waals surface area contributed by atoms with Crippen LogP contribution >= 0.6 is 0 Å². The molecule has 1 aliphatic rings. The minimum Gasteiger partial charge on any atom is -0.317 e. The molecule has 6 heteroatoms. The van der Waals surface area contributed by atoms with Gasteiger partial charge in [0.1, 0.15) is 0 Å². The molecular weight excluding hydrogens is 166 g/mol. The summed E-state index contributed by atoms with van der Waals surface area (Å²) in [5, 5.41) is 2.77. The first-order valence-electron chi connectivity index (χ1n) is 3.59. The number of nitrogens with two attached hydrogens (primary N) is 1. The maximum Gasteiger partial charge on any atom is 0.227 e. The van der Waals surface area contributed by atoms with Crippen molar-refractivity contribution in [3.8, 4) is 0 Å². The Balaban J connectivity index is 2.58. The summed E-state index contributed by atoms with van der Waals surface area (Å²) in [5.41, 5.74) is 0. The molecule has 1 fully saturated rings. The zero-order valence-electron chi connectivity index (χ0n) is 6.21. The highest BCUT2D eigenvalue weighted by molar-refractivity contribution is 7.90. The van der Waals surface area contributed by atoms with Gasteiger partial charge in [-0.05, 0) is 25.9 Å². The lowest BCUT2D eigenvalue weighted by Crippen LogP contribution is -2.44. The summed E-state index contributed by atoms with van der Waals surface area (Å²) in [5.74, 6) is 4.88. The predicted octanol–water partition coefficient (Wildman–Crippen LogP) is -1.47. The summed E-state index contributed by atoms with van der Waals surface area (Å²) in [6, 6.07) is 0. The van der Waals surface area contributed by atoms with Crippen LogP contribution in [0, 0.1) is 0 Å². The fourth-order valence-electron chi connectivity index (χ4n) is 1.20. The van der Waals surface area contributed by atoms with Crippen LogP contribution in [-0.4, -0.2) is 26.8 Å². The first kappa shape index (κ1) is 8.92. The summed E-state index contributed by atoms with van der Waals surface area (Å²) >= 11 is 0. The maximum atomic E-state index is 11.1. The number of piperidine rings is 1. The molecule has 1 heterocycles. The van der Waals surface area contributed by atoms with Gasteiger partial charge >= 0.3 is 0 Å². The molecule has 0 aromatic heterocycles. The average molecular weight is 179 g/mol. The molecule has 0 radical (unpaired) electrons. The Morgan fingerprint density at radius 2 is 1.91 bits per heavy atom. The summed E-state index contributed by atoms with van der Waals surface area (Å²) < 4.78 is 22.2. The van der Waals surface area contributed by atoms with Crippen molar-refractivity contribution in [2.45, 2.75) is 18.1 Å². The summed E-state index contributed by atoms with van der Waals surface area (Å²) in [7, 11) is -3.23. The first-order chi connectivity index (χ1) is 5.17. The molecule has 1 aliphatic heterocycles. The summed E-state index contributed by atoms with van der Waals surface area (Å²) in [4.78, 5) is 1.86. The molecule has 0 aromatic carbocycles. The van der Waals surface area contributed by atoms with E-state index in [2.05, 4.69) is 5.32 Å². The van der Waals surface area contributed by atoms with Gasteiger partial charge in [0.25, 0.3) is 0 Å². The van der Waals surface area contributed by atoms with Crippen molar-refractivity contribution in [2.24, 2.45) is 5.84 Å². The zero-order chi connectivity index (χ0) is 8.32. The Labute approximate surface area is 66.4 Å². The topological polar surface area (TPSA) is 84.2 Å². The summed E-state index contributed by atoms with van der Waals surface area (Å²) in [6.07, 6.45) is 1.29. The third-order valence-electron chi connectivity index (χ3n) is 1.89. The Morgan fingerprint density at radius 3 is 2.36 bits per heavy atom. The van der Waals surface area contributed by atoms with Gasteiger partial charge in [0, 0.05) is 0 Å². The lowest BCUT2D eigenvalue weighted by atomic mass is 10.2. The number of hydrogen-bond donors (Lipinski definition) is 3. The second-order valence-corrected chi connectivity index (χ2v) is 4.60. The van der Waals surface area contributed by atoms with Gasteiger partial charge in [0.2, 0.25) is 10.0 Å². The van der Waals surface area contributed by atoms with Crippen LogP contribution in [-0.2, 0) is 10.0 Å². The number of rotatable bonds is 2. The Bertz CT molecular complexity index is 208. The minimum atomic E-state index is -3.23. The van der Waals surface area contributed by atoms with E-state index in [1.807, 2.05) is 4.83 Å². The smallest absolute Gasteiger partial charge is 0.227 e. The van der Waals surface area contributed by atoms with Crippen molar-refractivity contribution in [1.29, 1.82) is 0 Å². The monoisotopic (exact) mass is 179 g/mol. The molecule has 4 N–H and O–H groups in total. The molecule has 0 amide bonds. The zero-order valence-corrected chi connectivity index (χ0v) is 7.02. The Kier molecular flexibility index (Phi) is 2.83. The molecule has 1 saturated heterocycles. The van der Waals surface area contributed by atoms with Crippen molar-refractivity contribution in [1.82, 2.24) is 10.1 Å². The minimum absolute atomic E-state index is 0.311. The molecule has 5 nitrogen and oxygen atoms in total. The normalized spacial score (nSPS) is 21.9. The van der Waals surface area contributed by atoms with Crippen molar-refractivity contribution in [3.05, 3.63) is 0 Å². The molecule has 0 atom stereocenters. The third-order valence-corrected chi connectivity index (χ3v) is 3.57.